The number of hydrogen-bond donors (Lipinski definition) is 1. The van der Waals surface area contributed by atoms with Gasteiger partial charge in [-0.05, 0) is 12.1 Å². The van der Waals surface area contributed by atoms with Crippen molar-refractivity contribution in [2.24, 2.45) is 0 Å². The van der Waals surface area contributed by atoms with Gasteiger partial charge in [-0.2, -0.15) is 0 Å². The number of benzene rings is 1. The van der Waals surface area contributed by atoms with E-state index in [0.29, 0.717) is 11.6 Å². The van der Waals surface area contributed by atoms with Crippen molar-refractivity contribution in [1.29, 1.82) is 0 Å². The van der Waals surface area contributed by atoms with Crippen LogP contribution in [0.4, 0.5) is 4.39 Å². The van der Waals surface area contributed by atoms with Crippen molar-refractivity contribution < 1.29 is 23.8 Å². The van der Waals surface area contributed by atoms with Gasteiger partial charge in [0.2, 0.25) is 0 Å². The second-order valence-electron chi connectivity index (χ2n) is 3.94. The number of carboxylic acids is 1. The Balaban J connectivity index is 1.95. The molecule has 7 heteroatoms. The molecule has 0 spiro atoms. The number of carbonyl (C=O) groups is 2. The van der Waals surface area contributed by atoms with E-state index < -0.39 is 23.7 Å². The molecule has 1 N–H and O–H groups in total. The van der Waals surface area contributed by atoms with Crippen molar-refractivity contribution in [3.63, 3.8) is 0 Å². The Bertz CT molecular complexity index is 496. The molecule has 1 aliphatic heterocycles. The van der Waals surface area contributed by atoms with Crippen molar-refractivity contribution in [2.75, 3.05) is 18.2 Å². The zero-order chi connectivity index (χ0) is 13.8. The Morgan fingerprint density at radius 3 is 2.89 bits per heavy atom. The van der Waals surface area contributed by atoms with Crippen LogP contribution in [0.15, 0.2) is 24.3 Å². The molecule has 0 aromatic heterocycles. The molecule has 1 aromatic rings. The van der Waals surface area contributed by atoms with E-state index in [9.17, 15) is 14.0 Å². The number of hydrogen-bond acceptors (Lipinski definition) is 4. The molecular formula is C12H12FNO4S. The molecule has 1 heterocycles. The highest BCUT2D eigenvalue weighted by atomic mass is 32.2. The van der Waals surface area contributed by atoms with Gasteiger partial charge in [-0.15, -0.1) is 11.8 Å². The van der Waals surface area contributed by atoms with E-state index in [1.807, 2.05) is 0 Å². The summed E-state index contributed by atoms with van der Waals surface area (Å²) in [4.78, 5) is 24.0. The molecule has 1 saturated heterocycles. The van der Waals surface area contributed by atoms with E-state index in [1.54, 1.807) is 6.07 Å². The largest absolute Gasteiger partial charge is 0.481 e. The number of ether oxygens (including phenoxy) is 1. The minimum atomic E-state index is -1.04. The summed E-state index contributed by atoms with van der Waals surface area (Å²) in [5.74, 6) is -1.39. The molecule has 1 amide bonds. The Kier molecular flexibility index (Phi) is 4.26. The first kappa shape index (κ1) is 13.7. The zero-order valence-corrected chi connectivity index (χ0v) is 10.7. The summed E-state index contributed by atoms with van der Waals surface area (Å²) in [5, 5.41) is 8.95. The van der Waals surface area contributed by atoms with Crippen LogP contribution in [0.5, 0.6) is 5.75 Å². The van der Waals surface area contributed by atoms with Gasteiger partial charge in [-0.25, -0.2) is 9.18 Å². The standard InChI is InChI=1S/C12H12FNO4S/c13-8-3-1-2-4-10(8)18-5-11(15)14-7-19-6-9(14)12(16)17/h1-4,9H,5-7H2,(H,16,17). The predicted octanol–water partition coefficient (Wildman–Crippen LogP) is 1.19. The monoisotopic (exact) mass is 285 g/mol. The minimum absolute atomic E-state index is 0.0189. The average molecular weight is 285 g/mol. The maximum atomic E-state index is 13.3. The summed E-state index contributed by atoms with van der Waals surface area (Å²) >= 11 is 1.37. The van der Waals surface area contributed by atoms with Gasteiger partial charge in [-0.1, -0.05) is 12.1 Å². The summed E-state index contributed by atoms with van der Waals surface area (Å²) < 4.78 is 18.3. The fourth-order valence-electron chi connectivity index (χ4n) is 1.68. The van der Waals surface area contributed by atoms with Crippen molar-refractivity contribution >= 4 is 23.6 Å². The average Bonchev–Trinajstić information content (AvgIpc) is 2.87. The fourth-order valence-corrected chi connectivity index (χ4v) is 2.85. The topological polar surface area (TPSA) is 66.8 Å². The lowest BCUT2D eigenvalue weighted by Gasteiger charge is -2.20. The molecule has 0 radical (unpaired) electrons. The smallest absolute Gasteiger partial charge is 0.327 e. The first-order valence-electron chi connectivity index (χ1n) is 5.57. The van der Waals surface area contributed by atoms with E-state index in [0.717, 1.165) is 0 Å². The Morgan fingerprint density at radius 1 is 1.47 bits per heavy atom. The number of thioether (sulfide) groups is 1. The van der Waals surface area contributed by atoms with Gasteiger partial charge >= 0.3 is 5.97 Å². The highest BCUT2D eigenvalue weighted by Gasteiger charge is 2.34. The van der Waals surface area contributed by atoms with Crippen LogP contribution in [0.3, 0.4) is 0 Å². The molecule has 1 atom stereocenters. The van der Waals surface area contributed by atoms with E-state index in [2.05, 4.69) is 0 Å². The molecule has 1 fully saturated rings. The fraction of sp³-hybridized carbons (Fsp3) is 0.333. The van der Waals surface area contributed by atoms with Gasteiger partial charge < -0.3 is 14.7 Å². The number of rotatable bonds is 4. The summed E-state index contributed by atoms with van der Waals surface area (Å²) in [6.07, 6.45) is 0. The summed E-state index contributed by atoms with van der Waals surface area (Å²) in [6.45, 7) is -0.370. The van der Waals surface area contributed by atoms with Crippen molar-refractivity contribution in [3.05, 3.63) is 30.1 Å². The molecule has 19 heavy (non-hydrogen) atoms. The molecule has 1 aliphatic rings. The van der Waals surface area contributed by atoms with E-state index in [1.165, 1.54) is 34.9 Å². The van der Waals surface area contributed by atoms with Gasteiger partial charge in [0.15, 0.2) is 18.2 Å². The lowest BCUT2D eigenvalue weighted by Crippen LogP contribution is -2.43. The number of aliphatic carboxylic acids is 1. The molecule has 102 valence electrons. The lowest BCUT2D eigenvalue weighted by molar-refractivity contribution is -0.148. The highest BCUT2D eigenvalue weighted by molar-refractivity contribution is 7.99. The van der Waals surface area contributed by atoms with Gasteiger partial charge in [0.25, 0.3) is 5.91 Å². The van der Waals surface area contributed by atoms with E-state index in [-0.39, 0.29) is 12.4 Å². The van der Waals surface area contributed by atoms with Crippen LogP contribution < -0.4 is 4.74 Å². The first-order valence-corrected chi connectivity index (χ1v) is 6.72. The number of nitrogens with zero attached hydrogens (tertiary/aromatic N) is 1. The number of para-hydroxylation sites is 1. The van der Waals surface area contributed by atoms with Crippen LogP contribution in [0.1, 0.15) is 0 Å². The van der Waals surface area contributed by atoms with Crippen molar-refractivity contribution in [2.45, 2.75) is 6.04 Å². The summed E-state index contributed by atoms with van der Waals surface area (Å²) in [5.41, 5.74) is 0. The van der Waals surface area contributed by atoms with Crippen LogP contribution in [0.2, 0.25) is 0 Å². The third-order valence-corrected chi connectivity index (χ3v) is 3.69. The first-order chi connectivity index (χ1) is 9.09. The van der Waals surface area contributed by atoms with Crippen LogP contribution in [-0.2, 0) is 9.59 Å². The molecule has 0 saturated carbocycles. The second-order valence-corrected chi connectivity index (χ2v) is 4.94. The minimum Gasteiger partial charge on any atom is -0.481 e. The van der Waals surface area contributed by atoms with Crippen LogP contribution in [0.25, 0.3) is 0 Å². The molecule has 0 aliphatic carbocycles. The second kappa shape index (κ2) is 5.92. The van der Waals surface area contributed by atoms with Crippen LogP contribution in [0, 0.1) is 5.82 Å². The van der Waals surface area contributed by atoms with Gasteiger partial charge in [0.05, 0.1) is 5.88 Å². The number of halogens is 1. The normalized spacial score (nSPS) is 18.4. The number of carboxylic acid groups (broad SMARTS) is 1. The SMILES string of the molecule is O=C(O)C1CSCN1C(=O)COc1ccccc1F. The molecule has 1 unspecified atom stereocenters. The number of amides is 1. The van der Waals surface area contributed by atoms with Gasteiger partial charge in [-0.3, -0.25) is 4.79 Å². The molecule has 2 rings (SSSR count). The van der Waals surface area contributed by atoms with Gasteiger partial charge in [0.1, 0.15) is 6.04 Å². The molecule has 1 aromatic carbocycles. The molecule has 5 nitrogen and oxygen atoms in total. The van der Waals surface area contributed by atoms with E-state index >= 15 is 0 Å². The third kappa shape index (κ3) is 3.17. The Hall–Kier alpha value is -1.76. The van der Waals surface area contributed by atoms with E-state index in [4.69, 9.17) is 9.84 Å². The van der Waals surface area contributed by atoms with Crippen molar-refractivity contribution in [3.8, 4) is 5.75 Å². The zero-order valence-electron chi connectivity index (χ0n) is 9.91. The Morgan fingerprint density at radius 2 is 2.21 bits per heavy atom. The van der Waals surface area contributed by atoms with Crippen LogP contribution >= 0.6 is 11.8 Å². The molecular weight excluding hydrogens is 273 g/mol. The predicted molar refractivity (Wildman–Crippen MR) is 67.5 cm³/mol. The van der Waals surface area contributed by atoms with Crippen molar-refractivity contribution in [1.82, 2.24) is 4.90 Å². The highest BCUT2D eigenvalue weighted by Crippen LogP contribution is 2.22. The van der Waals surface area contributed by atoms with Crippen LogP contribution in [-0.4, -0.2) is 46.2 Å². The third-order valence-electron chi connectivity index (χ3n) is 2.68. The Labute approximate surface area is 113 Å². The number of carbonyl (C=O) groups excluding carboxylic acids is 1. The molecule has 0 bridgehead atoms. The quantitative estimate of drug-likeness (QED) is 0.900. The summed E-state index contributed by atoms with van der Waals surface area (Å²) in [6, 6.07) is 4.92. The summed E-state index contributed by atoms with van der Waals surface area (Å²) in [7, 11) is 0. The maximum absolute atomic E-state index is 13.3. The lowest BCUT2D eigenvalue weighted by atomic mass is 10.3. The maximum Gasteiger partial charge on any atom is 0.327 e. The van der Waals surface area contributed by atoms with Gasteiger partial charge in [0, 0.05) is 5.75 Å².